The molecule has 1 saturated heterocycles. The van der Waals surface area contributed by atoms with Crippen molar-refractivity contribution >= 4 is 25.6 Å². The van der Waals surface area contributed by atoms with Crippen LogP contribution in [0.3, 0.4) is 0 Å². The number of rotatable bonds is 15. The fourth-order valence-electron chi connectivity index (χ4n) is 4.04. The van der Waals surface area contributed by atoms with Gasteiger partial charge in [-0.05, 0) is 42.2 Å². The van der Waals surface area contributed by atoms with Crippen LogP contribution in [0.5, 0.6) is 5.75 Å². The maximum absolute atomic E-state index is 11.8. The van der Waals surface area contributed by atoms with Gasteiger partial charge in [-0.25, -0.2) is 4.98 Å². The fourth-order valence-corrected chi connectivity index (χ4v) is 6.49. The van der Waals surface area contributed by atoms with Gasteiger partial charge in [0, 0.05) is 17.2 Å². The first kappa shape index (κ1) is 32.5. The van der Waals surface area contributed by atoms with Crippen LogP contribution in [0.1, 0.15) is 63.7 Å². The molecule has 222 valence electrons. The summed E-state index contributed by atoms with van der Waals surface area (Å²) in [7, 11) is 0.996. The highest BCUT2D eigenvalue weighted by atomic mass is 32.1. The number of epoxide rings is 1. The normalized spacial score (nSPS) is 18.6. The highest BCUT2D eigenvalue weighted by molar-refractivity contribution is 7.09. The largest absolute Gasteiger partial charge is 0.497 e. The zero-order valence-corrected chi connectivity index (χ0v) is 27.5. The number of benzene rings is 1. The molecule has 1 aromatic heterocycles. The number of carbonyl (C=O) groups excluding carboxylic acids is 1. The van der Waals surface area contributed by atoms with Crippen molar-refractivity contribution in [3.8, 4) is 5.75 Å². The minimum atomic E-state index is -2.07. The van der Waals surface area contributed by atoms with Gasteiger partial charge in [0.15, 0.2) is 8.32 Å². The van der Waals surface area contributed by atoms with E-state index in [0.29, 0.717) is 19.8 Å². The van der Waals surface area contributed by atoms with Crippen molar-refractivity contribution in [2.75, 3.05) is 27.4 Å². The van der Waals surface area contributed by atoms with E-state index in [4.69, 9.17) is 28.4 Å². The molecule has 2 aromatic rings. The number of carbonyl (C=O) groups is 1. The van der Waals surface area contributed by atoms with Gasteiger partial charge in [0.1, 0.15) is 16.4 Å². The Labute approximate surface area is 245 Å². The van der Waals surface area contributed by atoms with E-state index in [9.17, 15) is 4.79 Å². The van der Waals surface area contributed by atoms with Crippen molar-refractivity contribution in [3.63, 3.8) is 0 Å². The van der Waals surface area contributed by atoms with Gasteiger partial charge in [0.25, 0.3) is 0 Å². The van der Waals surface area contributed by atoms with Gasteiger partial charge < -0.3 is 23.4 Å². The molecule has 0 spiro atoms. The highest BCUT2D eigenvalue weighted by Crippen LogP contribution is 2.42. The van der Waals surface area contributed by atoms with E-state index < -0.39 is 8.32 Å². The molecular formula is C31H47NO6SSi. The Bertz CT molecular complexity index is 1130. The molecule has 2 heterocycles. The Morgan fingerprint density at radius 3 is 2.42 bits per heavy atom. The summed E-state index contributed by atoms with van der Waals surface area (Å²) < 4.78 is 28.9. The standard InChI is InChI=1S/C31H47NO6SSi/c1-29(2,3)40(8,9)38-26(30(4,5)28-32-24(21-39-28)19-27(33)35-7)11-10-16-31(22-37-31)17-18-36-20-23-12-14-25(34-6)15-13-23/h10,12-16,21,26H,11,17-20,22H2,1-9H3/b16-10+. The molecule has 0 N–H and O–H groups in total. The summed E-state index contributed by atoms with van der Waals surface area (Å²) in [4.78, 5) is 16.6. The smallest absolute Gasteiger partial charge is 0.311 e. The minimum absolute atomic E-state index is 0.0754. The molecule has 2 atom stereocenters. The lowest BCUT2D eigenvalue weighted by Gasteiger charge is -2.43. The Morgan fingerprint density at radius 2 is 1.85 bits per heavy atom. The lowest BCUT2D eigenvalue weighted by Crippen LogP contribution is -2.49. The SMILES string of the molecule is COC(=O)Cc1csc(C(C)(C)C(C/C=C/C2(CCOCc3ccc(OC)cc3)CO2)O[Si](C)(C)C(C)(C)C)n1. The van der Waals surface area contributed by atoms with E-state index in [2.05, 4.69) is 59.9 Å². The van der Waals surface area contributed by atoms with Crippen LogP contribution in [0.2, 0.25) is 18.1 Å². The number of aromatic nitrogens is 1. The Balaban J connectivity index is 1.65. The summed E-state index contributed by atoms with van der Waals surface area (Å²) in [5.74, 6) is 0.559. The van der Waals surface area contributed by atoms with Crippen molar-refractivity contribution in [2.45, 2.75) is 95.7 Å². The molecule has 1 aliphatic heterocycles. The second-order valence-corrected chi connectivity index (χ2v) is 18.2. The van der Waals surface area contributed by atoms with Crippen molar-refractivity contribution in [1.29, 1.82) is 0 Å². The predicted molar refractivity (Wildman–Crippen MR) is 163 cm³/mol. The van der Waals surface area contributed by atoms with Gasteiger partial charge in [0.2, 0.25) is 0 Å². The van der Waals surface area contributed by atoms with Crippen molar-refractivity contribution in [1.82, 2.24) is 4.98 Å². The second kappa shape index (κ2) is 13.3. The van der Waals surface area contributed by atoms with Gasteiger partial charge >= 0.3 is 5.97 Å². The van der Waals surface area contributed by atoms with Gasteiger partial charge in [-0.1, -0.05) is 58.9 Å². The topological polar surface area (TPSA) is 79.4 Å². The molecule has 0 aliphatic carbocycles. The Hall–Kier alpha value is -2.04. The van der Waals surface area contributed by atoms with Crippen LogP contribution in [0, 0.1) is 0 Å². The molecule has 0 saturated carbocycles. The number of methoxy groups -OCH3 is 2. The Kier molecular flexibility index (Phi) is 10.8. The Morgan fingerprint density at radius 1 is 1.18 bits per heavy atom. The van der Waals surface area contributed by atoms with E-state index in [1.165, 1.54) is 7.11 Å². The summed E-state index contributed by atoms with van der Waals surface area (Å²) in [6.45, 7) is 17.6. The molecule has 1 aliphatic rings. The summed E-state index contributed by atoms with van der Waals surface area (Å²) in [6.07, 6.45) is 6.04. The number of hydrogen-bond donors (Lipinski definition) is 0. The first-order valence-electron chi connectivity index (χ1n) is 13.9. The molecule has 1 aromatic carbocycles. The summed E-state index contributed by atoms with van der Waals surface area (Å²) >= 11 is 1.58. The van der Waals surface area contributed by atoms with Crippen molar-refractivity contribution < 1.29 is 28.2 Å². The predicted octanol–water partition coefficient (Wildman–Crippen LogP) is 6.86. The first-order valence-corrected chi connectivity index (χ1v) is 17.7. The average Bonchev–Trinajstić information content (AvgIpc) is 3.50. The van der Waals surface area contributed by atoms with Gasteiger partial charge in [-0.3, -0.25) is 4.79 Å². The van der Waals surface area contributed by atoms with Crippen LogP contribution < -0.4 is 4.74 Å². The van der Waals surface area contributed by atoms with Crippen LogP contribution in [0.4, 0.5) is 0 Å². The molecule has 2 unspecified atom stereocenters. The maximum atomic E-state index is 11.8. The molecule has 7 nitrogen and oxygen atoms in total. The summed E-state index contributed by atoms with van der Waals surface area (Å²) in [5.41, 5.74) is 1.24. The monoisotopic (exact) mass is 589 g/mol. The third-order valence-electron chi connectivity index (χ3n) is 8.09. The van der Waals surface area contributed by atoms with Gasteiger partial charge in [-0.15, -0.1) is 11.3 Å². The fraction of sp³-hybridized carbons (Fsp3) is 0.613. The third-order valence-corrected chi connectivity index (χ3v) is 13.8. The second-order valence-electron chi connectivity index (χ2n) is 12.6. The van der Waals surface area contributed by atoms with E-state index in [0.717, 1.165) is 34.9 Å². The molecule has 0 radical (unpaired) electrons. The maximum Gasteiger partial charge on any atom is 0.311 e. The van der Waals surface area contributed by atoms with Gasteiger partial charge in [0.05, 0.1) is 52.3 Å². The molecule has 9 heteroatoms. The highest BCUT2D eigenvalue weighted by Gasteiger charge is 2.45. The average molecular weight is 590 g/mol. The zero-order valence-electron chi connectivity index (χ0n) is 25.7. The van der Waals surface area contributed by atoms with E-state index in [1.54, 1.807) is 18.4 Å². The minimum Gasteiger partial charge on any atom is -0.497 e. The first-order chi connectivity index (χ1) is 18.7. The summed E-state index contributed by atoms with van der Waals surface area (Å²) in [5, 5.41) is 2.99. The molecule has 0 bridgehead atoms. The molecule has 3 rings (SSSR count). The zero-order chi connectivity index (χ0) is 29.6. The van der Waals surface area contributed by atoms with Crippen LogP contribution in [0.15, 0.2) is 41.8 Å². The summed E-state index contributed by atoms with van der Waals surface area (Å²) in [6, 6.07) is 7.94. The molecular weight excluding hydrogens is 542 g/mol. The number of thiazole rings is 1. The number of esters is 1. The number of ether oxygens (including phenoxy) is 4. The van der Waals surface area contributed by atoms with Crippen LogP contribution in [-0.2, 0) is 41.9 Å². The number of nitrogens with zero attached hydrogens (tertiary/aromatic N) is 1. The van der Waals surface area contributed by atoms with Crippen LogP contribution >= 0.6 is 11.3 Å². The lowest BCUT2D eigenvalue weighted by atomic mass is 9.85. The van der Waals surface area contributed by atoms with Crippen molar-refractivity contribution in [3.05, 3.63) is 58.1 Å². The van der Waals surface area contributed by atoms with E-state index in [-0.39, 0.29) is 34.5 Å². The molecule has 1 fully saturated rings. The van der Waals surface area contributed by atoms with Crippen LogP contribution in [0.25, 0.3) is 0 Å². The quantitative estimate of drug-likeness (QED) is 0.0738. The van der Waals surface area contributed by atoms with E-state index in [1.807, 2.05) is 29.6 Å². The lowest BCUT2D eigenvalue weighted by molar-refractivity contribution is -0.139. The third kappa shape index (κ3) is 8.73. The number of hydrogen-bond acceptors (Lipinski definition) is 8. The van der Waals surface area contributed by atoms with E-state index >= 15 is 0 Å². The molecule has 40 heavy (non-hydrogen) atoms. The van der Waals surface area contributed by atoms with Gasteiger partial charge in [-0.2, -0.15) is 0 Å². The molecule has 0 amide bonds. The van der Waals surface area contributed by atoms with Crippen LogP contribution in [-0.4, -0.2) is 58.4 Å². The van der Waals surface area contributed by atoms with Crippen molar-refractivity contribution in [2.24, 2.45) is 0 Å².